The first-order valence-corrected chi connectivity index (χ1v) is 10.9. The van der Waals surface area contributed by atoms with Crippen LogP contribution in [0.1, 0.15) is 11.1 Å². The first-order valence-electron chi connectivity index (χ1n) is 8.20. The second kappa shape index (κ2) is 9.23. The van der Waals surface area contributed by atoms with Crippen molar-refractivity contribution in [3.05, 3.63) is 93.4 Å². The van der Waals surface area contributed by atoms with E-state index in [4.69, 9.17) is 16.3 Å². The van der Waals surface area contributed by atoms with E-state index in [1.165, 1.54) is 30.5 Å². The van der Waals surface area contributed by atoms with E-state index in [1.807, 2.05) is 24.3 Å². The zero-order valence-corrected chi connectivity index (χ0v) is 17.7. The van der Waals surface area contributed by atoms with Gasteiger partial charge in [-0.3, -0.25) is 0 Å². The van der Waals surface area contributed by atoms with Crippen molar-refractivity contribution in [1.29, 1.82) is 0 Å². The monoisotopic (exact) mass is 478 g/mol. The van der Waals surface area contributed by atoms with Gasteiger partial charge in [-0.15, -0.1) is 0 Å². The van der Waals surface area contributed by atoms with E-state index in [-0.39, 0.29) is 4.90 Å². The maximum atomic E-state index is 12.1. The van der Waals surface area contributed by atoms with Crippen molar-refractivity contribution < 1.29 is 13.2 Å². The Hall–Kier alpha value is -2.35. The van der Waals surface area contributed by atoms with E-state index in [2.05, 4.69) is 25.9 Å². The van der Waals surface area contributed by atoms with Gasteiger partial charge < -0.3 is 4.74 Å². The number of nitrogens with zero attached hydrogens (tertiary/aromatic N) is 1. The second-order valence-electron chi connectivity index (χ2n) is 5.79. The average molecular weight is 480 g/mol. The fraction of sp³-hybridized carbons (Fsp3) is 0.0500. The lowest BCUT2D eigenvalue weighted by Gasteiger charge is -2.07. The molecule has 3 rings (SSSR count). The molecular formula is C20H16BrClN2O3S. The predicted octanol–water partition coefficient (Wildman–Crippen LogP) is 4.99. The van der Waals surface area contributed by atoms with Crippen molar-refractivity contribution in [3.8, 4) is 5.75 Å². The number of sulfonamides is 1. The van der Waals surface area contributed by atoms with Crippen LogP contribution in [0.2, 0.25) is 5.02 Å². The molecule has 5 nitrogen and oxygen atoms in total. The van der Waals surface area contributed by atoms with E-state index in [0.29, 0.717) is 17.4 Å². The van der Waals surface area contributed by atoms with Crippen molar-refractivity contribution in [2.75, 3.05) is 0 Å². The summed E-state index contributed by atoms with van der Waals surface area (Å²) in [6.45, 7) is 0.452. The van der Waals surface area contributed by atoms with E-state index in [0.717, 1.165) is 15.6 Å². The standard InChI is InChI=1S/C20H16BrClN2O3S/c21-17-3-1-2-16(12-17)14-27-19-8-4-15(5-9-19)13-23-24-28(25,26)20-10-6-18(22)7-11-20/h1-13,24H,14H2/b23-13+. The van der Waals surface area contributed by atoms with Crippen LogP contribution in [0.4, 0.5) is 0 Å². The van der Waals surface area contributed by atoms with Gasteiger partial charge in [0.1, 0.15) is 12.4 Å². The van der Waals surface area contributed by atoms with Crippen LogP contribution in [0.15, 0.2) is 87.3 Å². The highest BCUT2D eigenvalue weighted by molar-refractivity contribution is 9.10. The highest BCUT2D eigenvalue weighted by Crippen LogP contribution is 2.17. The highest BCUT2D eigenvalue weighted by Gasteiger charge is 2.11. The normalized spacial score (nSPS) is 11.5. The summed E-state index contributed by atoms with van der Waals surface area (Å²) in [5.41, 5.74) is 1.78. The Labute approximate surface area is 177 Å². The van der Waals surface area contributed by atoms with Gasteiger partial charge in [0.25, 0.3) is 10.0 Å². The quantitative estimate of drug-likeness (QED) is 0.383. The molecule has 144 valence electrons. The number of hydrogen-bond donors (Lipinski definition) is 1. The molecule has 3 aromatic rings. The van der Waals surface area contributed by atoms with Gasteiger partial charge in [-0.2, -0.15) is 13.5 Å². The van der Waals surface area contributed by atoms with Crippen LogP contribution in [-0.4, -0.2) is 14.6 Å². The van der Waals surface area contributed by atoms with Crippen LogP contribution >= 0.6 is 27.5 Å². The molecule has 0 radical (unpaired) electrons. The number of rotatable bonds is 7. The number of benzene rings is 3. The molecule has 0 atom stereocenters. The molecule has 0 unspecified atom stereocenters. The second-order valence-corrected chi connectivity index (χ2v) is 8.81. The topological polar surface area (TPSA) is 67.8 Å². The lowest BCUT2D eigenvalue weighted by atomic mass is 10.2. The Morgan fingerprint density at radius 2 is 1.75 bits per heavy atom. The molecule has 3 aromatic carbocycles. The fourth-order valence-corrected chi connectivity index (χ4v) is 3.64. The maximum absolute atomic E-state index is 12.1. The van der Waals surface area contributed by atoms with Gasteiger partial charge in [0, 0.05) is 9.50 Å². The molecular weight excluding hydrogens is 464 g/mol. The van der Waals surface area contributed by atoms with Crippen LogP contribution in [-0.2, 0) is 16.6 Å². The van der Waals surface area contributed by atoms with Crippen molar-refractivity contribution >= 4 is 43.8 Å². The summed E-state index contributed by atoms with van der Waals surface area (Å²) in [4.78, 5) is 2.26. The Morgan fingerprint density at radius 1 is 1.04 bits per heavy atom. The molecule has 0 aliphatic heterocycles. The lowest BCUT2D eigenvalue weighted by Crippen LogP contribution is -2.18. The van der Waals surface area contributed by atoms with E-state index in [1.54, 1.807) is 24.3 Å². The molecule has 28 heavy (non-hydrogen) atoms. The van der Waals surface area contributed by atoms with Crippen molar-refractivity contribution in [2.45, 2.75) is 11.5 Å². The molecule has 0 aliphatic carbocycles. The third-order valence-corrected chi connectivity index (χ3v) is 5.67. The molecule has 0 heterocycles. The molecule has 0 aliphatic rings. The summed E-state index contributed by atoms with van der Waals surface area (Å²) in [5.74, 6) is 0.707. The Kier molecular flexibility index (Phi) is 6.72. The van der Waals surface area contributed by atoms with Crippen molar-refractivity contribution in [2.24, 2.45) is 5.10 Å². The van der Waals surface area contributed by atoms with Crippen LogP contribution in [0, 0.1) is 0 Å². The van der Waals surface area contributed by atoms with Gasteiger partial charge in [0.15, 0.2) is 0 Å². The highest BCUT2D eigenvalue weighted by atomic mass is 79.9. The van der Waals surface area contributed by atoms with E-state index < -0.39 is 10.0 Å². The Morgan fingerprint density at radius 3 is 2.43 bits per heavy atom. The lowest BCUT2D eigenvalue weighted by molar-refractivity contribution is 0.306. The Balaban J connectivity index is 1.57. The van der Waals surface area contributed by atoms with Gasteiger partial charge in [0.2, 0.25) is 0 Å². The minimum atomic E-state index is -3.73. The van der Waals surface area contributed by atoms with Crippen LogP contribution in [0.5, 0.6) is 5.75 Å². The third kappa shape index (κ3) is 5.82. The third-order valence-electron chi connectivity index (χ3n) is 3.69. The number of nitrogens with one attached hydrogen (secondary N) is 1. The largest absolute Gasteiger partial charge is 0.489 e. The van der Waals surface area contributed by atoms with Crippen LogP contribution in [0.25, 0.3) is 0 Å². The molecule has 0 saturated heterocycles. The zero-order valence-electron chi connectivity index (χ0n) is 14.5. The first kappa shape index (κ1) is 20.4. The van der Waals surface area contributed by atoms with Crippen LogP contribution < -0.4 is 9.57 Å². The summed E-state index contributed by atoms with van der Waals surface area (Å²) in [7, 11) is -3.73. The van der Waals surface area contributed by atoms with Gasteiger partial charge >= 0.3 is 0 Å². The van der Waals surface area contributed by atoms with Crippen LogP contribution in [0.3, 0.4) is 0 Å². The number of hydrogen-bond acceptors (Lipinski definition) is 4. The molecule has 0 fully saturated rings. The molecule has 0 spiro atoms. The molecule has 0 amide bonds. The van der Waals surface area contributed by atoms with Gasteiger partial charge in [0.05, 0.1) is 11.1 Å². The first-order chi connectivity index (χ1) is 13.4. The van der Waals surface area contributed by atoms with E-state index in [9.17, 15) is 8.42 Å². The fourth-order valence-electron chi connectivity index (χ4n) is 2.28. The predicted molar refractivity (Wildman–Crippen MR) is 114 cm³/mol. The maximum Gasteiger partial charge on any atom is 0.276 e. The van der Waals surface area contributed by atoms with Gasteiger partial charge in [-0.05, 0) is 71.8 Å². The number of hydrazone groups is 1. The van der Waals surface area contributed by atoms with Gasteiger partial charge in [-0.1, -0.05) is 39.7 Å². The zero-order chi connectivity index (χ0) is 20.0. The summed E-state index contributed by atoms with van der Waals surface area (Å²) >= 11 is 9.19. The SMILES string of the molecule is O=S(=O)(N/N=C/c1ccc(OCc2cccc(Br)c2)cc1)c1ccc(Cl)cc1. The minimum Gasteiger partial charge on any atom is -0.489 e. The molecule has 0 saturated carbocycles. The summed E-state index contributed by atoms with van der Waals surface area (Å²) in [6.07, 6.45) is 1.42. The minimum absolute atomic E-state index is 0.0883. The summed E-state index contributed by atoms with van der Waals surface area (Å²) < 4.78 is 31.0. The molecule has 0 bridgehead atoms. The Bertz CT molecular complexity index is 1070. The van der Waals surface area contributed by atoms with Gasteiger partial charge in [-0.25, -0.2) is 4.83 Å². The number of ether oxygens (including phenoxy) is 1. The van der Waals surface area contributed by atoms with Crippen molar-refractivity contribution in [1.82, 2.24) is 4.83 Å². The van der Waals surface area contributed by atoms with Crippen molar-refractivity contribution in [3.63, 3.8) is 0 Å². The summed E-state index contributed by atoms with van der Waals surface area (Å²) in [6, 6.07) is 20.9. The average Bonchev–Trinajstić information content (AvgIpc) is 2.68. The molecule has 1 N–H and O–H groups in total. The number of halogens is 2. The molecule has 8 heteroatoms. The molecule has 0 aromatic heterocycles. The van der Waals surface area contributed by atoms with E-state index >= 15 is 0 Å². The smallest absolute Gasteiger partial charge is 0.276 e. The summed E-state index contributed by atoms with van der Waals surface area (Å²) in [5, 5.41) is 4.27.